The lowest BCUT2D eigenvalue weighted by molar-refractivity contribution is 0.283. The molecule has 0 aliphatic heterocycles. The van der Waals surface area contributed by atoms with Crippen molar-refractivity contribution >= 4 is 0 Å². The standard InChI is InChI=1S/C20H19N5O/c1-24(13-16-12-21-25(14-16)18-10-6-3-7-11-18)15-19-22-23-20(26-19)17-8-4-2-5-9-17/h2-12,14H,13,15H2,1H3. The Morgan fingerprint density at radius 2 is 1.65 bits per heavy atom. The minimum absolute atomic E-state index is 0.547. The lowest BCUT2D eigenvalue weighted by Gasteiger charge is -2.12. The van der Waals surface area contributed by atoms with Gasteiger partial charge in [0.1, 0.15) is 0 Å². The molecule has 0 atom stereocenters. The molecule has 130 valence electrons. The van der Waals surface area contributed by atoms with Crippen molar-refractivity contribution in [3.8, 4) is 17.1 Å². The normalized spacial score (nSPS) is 11.2. The molecule has 4 rings (SSSR count). The Balaban J connectivity index is 1.40. The van der Waals surface area contributed by atoms with Gasteiger partial charge in [-0.25, -0.2) is 4.68 Å². The first-order chi connectivity index (χ1) is 12.8. The van der Waals surface area contributed by atoms with Crippen molar-refractivity contribution < 1.29 is 4.42 Å². The zero-order valence-corrected chi connectivity index (χ0v) is 14.5. The van der Waals surface area contributed by atoms with Crippen molar-refractivity contribution in [3.05, 3.63) is 84.5 Å². The van der Waals surface area contributed by atoms with Crippen LogP contribution in [0.3, 0.4) is 0 Å². The van der Waals surface area contributed by atoms with Crippen molar-refractivity contribution in [2.75, 3.05) is 7.05 Å². The van der Waals surface area contributed by atoms with Gasteiger partial charge in [0.2, 0.25) is 11.8 Å². The van der Waals surface area contributed by atoms with Crippen LogP contribution in [0.1, 0.15) is 11.5 Å². The van der Waals surface area contributed by atoms with E-state index >= 15 is 0 Å². The molecule has 0 spiro atoms. The van der Waals surface area contributed by atoms with Gasteiger partial charge in [-0.05, 0) is 31.3 Å². The number of hydrogen-bond donors (Lipinski definition) is 0. The van der Waals surface area contributed by atoms with Crippen LogP contribution < -0.4 is 0 Å². The van der Waals surface area contributed by atoms with E-state index in [1.54, 1.807) is 0 Å². The molecule has 0 fully saturated rings. The Kier molecular flexibility index (Phi) is 4.57. The van der Waals surface area contributed by atoms with E-state index in [2.05, 4.69) is 20.2 Å². The van der Waals surface area contributed by atoms with Crippen LogP contribution in [0.5, 0.6) is 0 Å². The van der Waals surface area contributed by atoms with Crippen molar-refractivity contribution in [2.24, 2.45) is 0 Å². The lowest BCUT2D eigenvalue weighted by Crippen LogP contribution is -2.17. The van der Waals surface area contributed by atoms with Gasteiger partial charge < -0.3 is 4.42 Å². The number of nitrogens with zero attached hydrogens (tertiary/aromatic N) is 5. The maximum absolute atomic E-state index is 5.77. The first kappa shape index (κ1) is 16.2. The van der Waals surface area contributed by atoms with Gasteiger partial charge in [0.05, 0.1) is 18.4 Å². The van der Waals surface area contributed by atoms with Crippen molar-refractivity contribution in [3.63, 3.8) is 0 Å². The molecule has 0 unspecified atom stereocenters. The third-order valence-electron chi connectivity index (χ3n) is 4.00. The summed E-state index contributed by atoms with van der Waals surface area (Å²) in [5, 5.41) is 12.7. The predicted molar refractivity (Wildman–Crippen MR) is 98.5 cm³/mol. The van der Waals surface area contributed by atoms with E-state index in [1.165, 1.54) is 0 Å². The number of para-hydroxylation sites is 1. The summed E-state index contributed by atoms with van der Waals surface area (Å²) >= 11 is 0. The van der Waals surface area contributed by atoms with E-state index in [0.29, 0.717) is 18.3 Å². The number of rotatable bonds is 6. The predicted octanol–water partition coefficient (Wildman–Crippen LogP) is 3.55. The molecule has 0 amide bonds. The van der Waals surface area contributed by atoms with E-state index in [4.69, 9.17) is 4.42 Å². The van der Waals surface area contributed by atoms with Crippen LogP contribution in [-0.4, -0.2) is 31.9 Å². The Hall–Kier alpha value is -3.25. The number of benzene rings is 2. The fraction of sp³-hybridized carbons (Fsp3) is 0.150. The summed E-state index contributed by atoms with van der Waals surface area (Å²) in [6.07, 6.45) is 3.92. The monoisotopic (exact) mass is 345 g/mol. The topological polar surface area (TPSA) is 60.0 Å². The van der Waals surface area contributed by atoms with Crippen molar-refractivity contribution in [1.29, 1.82) is 0 Å². The summed E-state index contributed by atoms with van der Waals surface area (Å²) in [7, 11) is 2.02. The van der Waals surface area contributed by atoms with Crippen molar-refractivity contribution in [1.82, 2.24) is 24.9 Å². The van der Waals surface area contributed by atoms with Gasteiger partial charge in [-0.15, -0.1) is 10.2 Å². The maximum atomic E-state index is 5.77. The van der Waals surface area contributed by atoms with Crippen LogP contribution in [0, 0.1) is 0 Å². The third-order valence-corrected chi connectivity index (χ3v) is 4.00. The van der Waals surface area contributed by atoms with Gasteiger partial charge in [-0.3, -0.25) is 4.90 Å². The van der Waals surface area contributed by atoms with Crippen LogP contribution in [-0.2, 0) is 13.1 Å². The molecule has 0 aliphatic carbocycles. The first-order valence-corrected chi connectivity index (χ1v) is 8.43. The van der Waals surface area contributed by atoms with Crippen LogP contribution in [0.15, 0.2) is 77.5 Å². The smallest absolute Gasteiger partial charge is 0.247 e. The second-order valence-corrected chi connectivity index (χ2v) is 6.17. The highest BCUT2D eigenvalue weighted by atomic mass is 16.4. The molecule has 0 radical (unpaired) electrons. The average Bonchev–Trinajstić information content (AvgIpc) is 3.33. The largest absolute Gasteiger partial charge is 0.419 e. The molecule has 2 aromatic heterocycles. The van der Waals surface area contributed by atoms with Crippen LogP contribution in [0.4, 0.5) is 0 Å². The van der Waals surface area contributed by atoms with E-state index in [-0.39, 0.29) is 0 Å². The summed E-state index contributed by atoms with van der Waals surface area (Å²) in [6.45, 7) is 1.33. The summed E-state index contributed by atoms with van der Waals surface area (Å²) in [4.78, 5) is 2.12. The molecule has 0 saturated heterocycles. The van der Waals surface area contributed by atoms with Gasteiger partial charge in [-0.2, -0.15) is 5.10 Å². The molecule has 2 aromatic carbocycles. The Morgan fingerprint density at radius 1 is 0.923 bits per heavy atom. The van der Waals surface area contributed by atoms with Gasteiger partial charge in [0.25, 0.3) is 0 Å². The zero-order chi connectivity index (χ0) is 17.8. The van der Waals surface area contributed by atoms with Gasteiger partial charge in [-0.1, -0.05) is 36.4 Å². The summed E-state index contributed by atoms with van der Waals surface area (Å²) in [5.74, 6) is 1.15. The zero-order valence-electron chi connectivity index (χ0n) is 14.5. The van der Waals surface area contributed by atoms with E-state index in [9.17, 15) is 0 Å². The molecule has 0 saturated carbocycles. The fourth-order valence-electron chi connectivity index (χ4n) is 2.78. The molecule has 6 nitrogen and oxygen atoms in total. The highest BCUT2D eigenvalue weighted by molar-refractivity contribution is 5.51. The molecule has 0 aliphatic rings. The Morgan fingerprint density at radius 3 is 2.42 bits per heavy atom. The molecule has 4 aromatic rings. The van der Waals surface area contributed by atoms with E-state index < -0.39 is 0 Å². The summed E-state index contributed by atoms with van der Waals surface area (Å²) in [6, 6.07) is 19.9. The fourth-order valence-corrected chi connectivity index (χ4v) is 2.78. The van der Waals surface area contributed by atoms with Crippen LogP contribution >= 0.6 is 0 Å². The van der Waals surface area contributed by atoms with Crippen LogP contribution in [0.25, 0.3) is 17.1 Å². The van der Waals surface area contributed by atoms with Gasteiger partial charge >= 0.3 is 0 Å². The SMILES string of the molecule is CN(Cc1cnn(-c2ccccc2)c1)Cc1nnc(-c2ccccc2)o1. The second kappa shape index (κ2) is 7.33. The molecule has 0 N–H and O–H groups in total. The van der Waals surface area contributed by atoms with Crippen LogP contribution in [0.2, 0.25) is 0 Å². The van der Waals surface area contributed by atoms with E-state index in [0.717, 1.165) is 23.4 Å². The Labute approximate surface area is 151 Å². The van der Waals surface area contributed by atoms with Crippen molar-refractivity contribution in [2.45, 2.75) is 13.1 Å². The molecule has 0 bridgehead atoms. The average molecular weight is 345 g/mol. The summed E-state index contributed by atoms with van der Waals surface area (Å²) in [5.41, 5.74) is 3.10. The maximum Gasteiger partial charge on any atom is 0.247 e. The van der Waals surface area contributed by atoms with E-state index in [1.807, 2.05) is 84.8 Å². The molecule has 6 heteroatoms. The molecular formula is C20H19N5O. The molecule has 2 heterocycles. The second-order valence-electron chi connectivity index (χ2n) is 6.17. The molecular weight excluding hydrogens is 326 g/mol. The molecule has 26 heavy (non-hydrogen) atoms. The van der Waals surface area contributed by atoms with Gasteiger partial charge in [0.15, 0.2) is 0 Å². The quantitative estimate of drug-likeness (QED) is 0.535. The first-order valence-electron chi connectivity index (χ1n) is 8.43. The highest BCUT2D eigenvalue weighted by Crippen LogP contribution is 2.18. The summed E-state index contributed by atoms with van der Waals surface area (Å²) < 4.78 is 7.65. The highest BCUT2D eigenvalue weighted by Gasteiger charge is 2.11. The minimum atomic E-state index is 0.547. The number of hydrogen-bond acceptors (Lipinski definition) is 5. The third kappa shape index (κ3) is 3.70. The van der Waals surface area contributed by atoms with Gasteiger partial charge in [0, 0.05) is 23.9 Å². The Bertz CT molecular complexity index is 882. The number of aromatic nitrogens is 4. The minimum Gasteiger partial charge on any atom is -0.419 e. The lowest BCUT2D eigenvalue weighted by atomic mass is 10.2.